The van der Waals surface area contributed by atoms with Crippen LogP contribution in [0.3, 0.4) is 0 Å². The van der Waals surface area contributed by atoms with Crippen LogP contribution in [0.15, 0.2) is 79.9 Å². The van der Waals surface area contributed by atoms with Gasteiger partial charge in [0.05, 0.1) is 36.1 Å². The number of nitrogens with one attached hydrogen (secondary N) is 2. The molecule has 35 heteroatoms. The molecule has 0 spiro atoms. The van der Waals surface area contributed by atoms with E-state index in [0.29, 0.717) is 87.4 Å². The van der Waals surface area contributed by atoms with Gasteiger partial charge in [-0.3, -0.25) is 9.36 Å². The van der Waals surface area contributed by atoms with Gasteiger partial charge in [-0.25, -0.2) is 9.37 Å². The molecule has 10 rings (SSSR count). The van der Waals surface area contributed by atoms with Gasteiger partial charge in [0.2, 0.25) is 0 Å². The Morgan fingerprint density at radius 2 is 1.50 bits per heavy atom. The van der Waals surface area contributed by atoms with Gasteiger partial charge in [0.15, 0.2) is 17.8 Å². The first-order chi connectivity index (χ1) is 51.0. The summed E-state index contributed by atoms with van der Waals surface area (Å²) >= 11 is 5.51. The molecule has 0 radical (unpaired) electrons. The van der Waals surface area contributed by atoms with E-state index in [2.05, 4.69) is 20.6 Å². The molecule has 0 aliphatic carbocycles. The van der Waals surface area contributed by atoms with Crippen molar-refractivity contribution < 1.29 is 95.9 Å². The van der Waals surface area contributed by atoms with E-state index in [0.717, 1.165) is 11.1 Å². The molecule has 7 aliphatic rings. The number of imidazole rings is 1. The molecular weight excluding hydrogens is 1500 g/mol. The van der Waals surface area contributed by atoms with Gasteiger partial charge in [-0.05, 0) is 55.2 Å². The van der Waals surface area contributed by atoms with Crippen LogP contribution in [0.2, 0.25) is 0 Å². The number of alkyl halides is 1. The summed E-state index contributed by atoms with van der Waals surface area (Å²) in [6, 6.07) is 5.81. The van der Waals surface area contributed by atoms with Crippen molar-refractivity contribution in [2.45, 2.75) is 202 Å². The summed E-state index contributed by atoms with van der Waals surface area (Å²) in [4.78, 5) is 140. The number of aryl methyl sites for hydroxylation is 2. The number of aliphatic hydroxyl groups is 2. The number of aromatic nitrogens is 2. The number of benzene rings is 2. The van der Waals surface area contributed by atoms with Gasteiger partial charge in [-0.1, -0.05) is 6.07 Å². The van der Waals surface area contributed by atoms with E-state index in [1.54, 1.807) is 49.9 Å². The number of rotatable bonds is 31. The van der Waals surface area contributed by atoms with Crippen molar-refractivity contribution >= 4 is 94.8 Å². The van der Waals surface area contributed by atoms with Crippen LogP contribution < -0.4 is 54.7 Å². The maximum atomic E-state index is 14.5. The number of fused-ring (bicyclic) bond motifs is 8. The Hall–Kier alpha value is -8.29. The van der Waals surface area contributed by atoms with E-state index in [-0.39, 0.29) is 109 Å². The number of nitriles is 1. The SMILES string of the molecule is C/C1=C2N=C(/C=C3N=C(/C(C)=C4/[C@@H](CCC(N)=O)[C@](C)(CC(N)=O)[C@](C)([C@@H]5N=C1[C@](C)(CCC(=O)NCC(C)OP(=O)([O-])O[C@H]1[C@@H](O)[C@@H](n6cnc7cc(C)c(C)cc76)O[C@@H]1CO)[C@H]5CC(N)=O)[N]4[Co+][C]#N)[C@@](C)(CC(N)=O)[C@@H]\3CCC(N)=O)C(C)(C)[C@@H]/2CCC(N)=O.O=C1NCc2ccc(OCCCCl)c(F)c21. The number of aliphatic imine (C=N–C) groups is 3. The first kappa shape index (κ1) is 84.7. The van der Waals surface area contributed by atoms with Gasteiger partial charge in [0.25, 0.3) is 13.7 Å². The third-order valence-electron chi connectivity index (χ3n) is 23.2. The second-order valence-corrected chi connectivity index (χ2v) is 33.4. The second-order valence-electron chi connectivity index (χ2n) is 30.8. The number of nitrogens with two attached hydrogens (primary N) is 6. The Morgan fingerprint density at radius 1 is 0.872 bits per heavy atom. The summed E-state index contributed by atoms with van der Waals surface area (Å²) in [6.45, 7) is 19.5. The number of primary amides is 6. The molecular formula is C74H99ClCoFN15O16P. The van der Waals surface area contributed by atoms with E-state index >= 15 is 0 Å². The van der Waals surface area contributed by atoms with Gasteiger partial charge < -0.3 is 39.0 Å². The maximum absolute atomic E-state index is 14.5. The van der Waals surface area contributed by atoms with Crippen LogP contribution in [-0.4, -0.2) is 150 Å². The third-order valence-corrected chi connectivity index (χ3v) is 25.7. The van der Waals surface area contributed by atoms with Crippen molar-refractivity contribution in [1.82, 2.24) is 24.1 Å². The summed E-state index contributed by atoms with van der Waals surface area (Å²) in [7, 11) is -5.35. The number of ether oxygens (including phenoxy) is 2. The number of aliphatic hydroxyl groups excluding tert-OH is 2. The van der Waals surface area contributed by atoms with Crippen molar-refractivity contribution in [2.24, 2.45) is 94.7 Å². The Bertz CT molecular complexity index is 4460. The fraction of sp³-hybridized carbons (Fsp3) is 0.581. The van der Waals surface area contributed by atoms with Crippen LogP contribution in [0.25, 0.3) is 11.0 Å². The number of amides is 8. The van der Waals surface area contributed by atoms with Gasteiger partial charge in [0.1, 0.15) is 18.3 Å². The number of nitrogens with zero attached hydrogens (tertiary/aromatic N) is 7. The fourth-order valence-corrected chi connectivity index (χ4v) is 19.8. The van der Waals surface area contributed by atoms with E-state index in [1.807, 2.05) is 53.7 Å². The molecule has 16 N–H and O–H groups in total. The minimum atomic E-state index is -5.35. The van der Waals surface area contributed by atoms with E-state index in [9.17, 15) is 67.7 Å². The Labute approximate surface area is 642 Å². The fourth-order valence-electron chi connectivity index (χ4n) is 17.3. The van der Waals surface area contributed by atoms with Crippen molar-refractivity contribution in [3.05, 3.63) is 93.0 Å². The van der Waals surface area contributed by atoms with Gasteiger partial charge in [-0.2, -0.15) is 0 Å². The van der Waals surface area contributed by atoms with E-state index in [4.69, 9.17) is 79.5 Å². The number of halogens is 2. The Morgan fingerprint density at radius 3 is 2.11 bits per heavy atom. The van der Waals surface area contributed by atoms with E-state index < -0.39 is 149 Å². The molecule has 594 valence electrons. The smallest absolute Gasteiger partial charge is 0.490 e. The molecule has 8 heterocycles. The summed E-state index contributed by atoms with van der Waals surface area (Å²) in [5.74, 6) is -8.26. The number of hydrogen-bond donors (Lipinski definition) is 10. The molecule has 2 saturated heterocycles. The molecule has 2 aromatic carbocycles. The number of carbonyl (C=O) groups is 8. The first-order valence-corrected chi connectivity index (χ1v) is 39.0. The van der Waals surface area contributed by atoms with Gasteiger partial charge >= 0.3 is 417 Å². The number of allylic oxidation sites excluding steroid dienone is 6. The normalized spacial score (nSPS) is 30.6. The predicted molar refractivity (Wildman–Crippen MR) is 394 cm³/mol. The Balaban J connectivity index is 0.000000753. The van der Waals surface area contributed by atoms with Crippen molar-refractivity contribution in [1.29, 1.82) is 5.26 Å². The molecule has 2 fully saturated rings. The number of phosphoric ester groups is 1. The van der Waals surface area contributed by atoms with Crippen molar-refractivity contribution in [3.8, 4) is 10.8 Å². The molecule has 3 aromatic rings. The van der Waals surface area contributed by atoms with Crippen LogP contribution in [0, 0.1) is 75.3 Å². The zero-order chi connectivity index (χ0) is 80.5. The van der Waals surface area contributed by atoms with Crippen LogP contribution in [0.1, 0.15) is 173 Å². The molecule has 109 heavy (non-hydrogen) atoms. The minimum absolute atomic E-state index is 0.0111. The molecule has 0 saturated carbocycles. The van der Waals surface area contributed by atoms with Crippen LogP contribution in [0.5, 0.6) is 5.75 Å². The summed E-state index contributed by atoms with van der Waals surface area (Å²) < 4.78 is 52.8. The molecule has 8 bridgehead atoms. The average Bonchev–Trinajstić information content (AvgIpc) is 1.51. The van der Waals surface area contributed by atoms with Gasteiger partial charge in [-0.15, -0.1) is 11.6 Å². The average molecular weight is 1600 g/mol. The standard InChI is InChI=1S/C62H90N13O14P.C11H11ClFNO2.CN.Co/c1-29-20-39-40(21-30(29)2)75(28-70-39)57-52(84)53(41(27-76)87-57)89-90(85,86)88-31(3)26-69-49(83)18-19-59(8)37(22-46(66)80)56-62(11)61(10,25-48(68)82)36(14-17-45(65)79)51(74-62)33(5)55-60(9,24-47(67)81)34(12-15-43(63)77)38(71-55)23-42-58(6,7)35(13-16-44(64)78)50(72-42)32(4)54(59)73-56;12-4-1-5-16-8-3-2-7-6-14-11(15)9(7)10(8)13;1-2;/h20-21,23,28,31,34-37,41,52-53,56-57,76,84H,12-19,22,24-27H2,1-11H3,(H15,63,64,65,66,67,68,69,71,72,73,74,77,78,79,80,81,82,83,85,86);2-3H,1,4-6H2,(H,14,15);;/q;;;+2/p-2/t31?,34-,35-,36-,37+,41-,52-,53-,56-,57+,59-,60+,61+,62+;;;/m1.../s1. The number of hydrogen-bond acceptors (Lipinski definition) is 22. The van der Waals surface area contributed by atoms with Crippen LogP contribution >= 0.6 is 19.4 Å². The van der Waals surface area contributed by atoms with Crippen LogP contribution in [-0.2, 0) is 73.4 Å². The molecule has 15 atom stereocenters. The molecule has 31 nitrogen and oxygen atoms in total. The summed E-state index contributed by atoms with van der Waals surface area (Å²) in [5.41, 5.74) is 37.1. The quantitative estimate of drug-likeness (QED) is 0.0235. The van der Waals surface area contributed by atoms with E-state index in [1.165, 1.54) is 17.8 Å². The second kappa shape index (κ2) is 33.3. The zero-order valence-corrected chi connectivity index (χ0v) is 65.7. The number of phosphoric acid groups is 1. The first-order valence-electron chi connectivity index (χ1n) is 36.1. The molecule has 2 unspecified atom stereocenters. The minimum Gasteiger partial charge on any atom is -0.490 e. The monoisotopic (exact) mass is 1600 g/mol. The molecule has 8 amide bonds. The zero-order valence-electron chi connectivity index (χ0n) is 63.0. The molecule has 1 aromatic heterocycles. The van der Waals surface area contributed by atoms with Crippen LogP contribution in [0.4, 0.5) is 4.39 Å². The summed E-state index contributed by atoms with van der Waals surface area (Å²) in [6.07, 6.45) is -4.74. The predicted octanol–water partition coefficient (Wildman–Crippen LogP) is 4.80. The number of carbonyl (C=O) groups excluding carboxylic acids is 8. The third kappa shape index (κ3) is 16.8. The Kier molecular flexibility index (Phi) is 25.9. The van der Waals surface area contributed by atoms with Crippen molar-refractivity contribution in [3.63, 3.8) is 0 Å². The van der Waals surface area contributed by atoms with Gasteiger partial charge in [0, 0.05) is 12.4 Å². The van der Waals surface area contributed by atoms with Crippen molar-refractivity contribution in [2.75, 3.05) is 25.6 Å². The topological polar surface area (TPSA) is 516 Å². The molecule has 7 aliphatic heterocycles. The summed E-state index contributed by atoms with van der Waals surface area (Å²) in [5, 5.41) is 40.5.